The van der Waals surface area contributed by atoms with E-state index in [0.717, 1.165) is 18.4 Å². The Morgan fingerprint density at radius 1 is 0.926 bits per heavy atom. The van der Waals surface area contributed by atoms with Crippen LogP contribution < -0.4 is 16.0 Å². The Labute approximate surface area is 159 Å². The van der Waals surface area contributed by atoms with Crippen LogP contribution in [0.2, 0.25) is 0 Å². The second kappa shape index (κ2) is 9.03. The SMILES string of the molecule is C=CCNC(=O)Nc1ccc(NC(=O)Cc2ccc3c(c2)CCCC3)cc1. The molecule has 1 aliphatic rings. The molecule has 0 saturated carbocycles. The highest BCUT2D eigenvalue weighted by molar-refractivity contribution is 5.93. The first-order chi connectivity index (χ1) is 13.1. The number of hydrogen-bond donors (Lipinski definition) is 3. The molecule has 0 saturated heterocycles. The van der Waals surface area contributed by atoms with Gasteiger partial charge in [-0.3, -0.25) is 4.79 Å². The Kier molecular flexibility index (Phi) is 6.26. The first kappa shape index (κ1) is 18.7. The van der Waals surface area contributed by atoms with E-state index in [1.54, 1.807) is 30.3 Å². The van der Waals surface area contributed by atoms with E-state index in [0.29, 0.717) is 24.3 Å². The third-order valence-corrected chi connectivity index (χ3v) is 4.61. The fraction of sp³-hybridized carbons (Fsp3) is 0.273. The number of rotatable bonds is 6. The van der Waals surface area contributed by atoms with Crippen molar-refractivity contribution in [2.24, 2.45) is 0 Å². The normalized spacial score (nSPS) is 12.6. The zero-order valence-corrected chi connectivity index (χ0v) is 15.4. The van der Waals surface area contributed by atoms with Gasteiger partial charge in [0.15, 0.2) is 0 Å². The van der Waals surface area contributed by atoms with Crippen molar-refractivity contribution in [1.29, 1.82) is 0 Å². The van der Waals surface area contributed by atoms with Gasteiger partial charge in [0.05, 0.1) is 6.42 Å². The number of hydrogen-bond acceptors (Lipinski definition) is 2. The molecule has 27 heavy (non-hydrogen) atoms. The van der Waals surface area contributed by atoms with E-state index in [-0.39, 0.29) is 11.9 Å². The van der Waals surface area contributed by atoms with E-state index in [1.165, 1.54) is 24.0 Å². The smallest absolute Gasteiger partial charge is 0.319 e. The summed E-state index contributed by atoms with van der Waals surface area (Å²) in [7, 11) is 0. The van der Waals surface area contributed by atoms with Crippen LogP contribution in [0.25, 0.3) is 0 Å². The molecule has 0 radical (unpaired) electrons. The molecule has 0 aromatic heterocycles. The summed E-state index contributed by atoms with van der Waals surface area (Å²) in [6.45, 7) is 3.95. The van der Waals surface area contributed by atoms with Crippen molar-refractivity contribution in [1.82, 2.24) is 5.32 Å². The van der Waals surface area contributed by atoms with E-state index in [9.17, 15) is 9.59 Å². The standard InChI is InChI=1S/C22H25N3O2/c1-2-13-23-22(27)25-20-11-9-19(10-12-20)24-21(26)15-16-7-8-17-5-3-4-6-18(17)14-16/h2,7-12,14H,1,3-6,13,15H2,(H,24,26)(H2,23,25,27). The van der Waals surface area contributed by atoms with Crippen molar-refractivity contribution in [3.8, 4) is 0 Å². The topological polar surface area (TPSA) is 70.2 Å². The molecule has 0 unspecified atom stereocenters. The second-order valence-corrected chi connectivity index (χ2v) is 6.74. The van der Waals surface area contributed by atoms with Crippen molar-refractivity contribution in [3.05, 3.63) is 71.8 Å². The summed E-state index contributed by atoms with van der Waals surface area (Å²) in [5.41, 5.74) is 5.21. The largest absolute Gasteiger partial charge is 0.334 e. The van der Waals surface area contributed by atoms with Crippen LogP contribution in [-0.4, -0.2) is 18.5 Å². The van der Waals surface area contributed by atoms with Gasteiger partial charge >= 0.3 is 6.03 Å². The molecule has 0 spiro atoms. The van der Waals surface area contributed by atoms with Crippen LogP contribution in [0.15, 0.2) is 55.1 Å². The molecule has 0 fully saturated rings. The van der Waals surface area contributed by atoms with Crippen LogP contribution >= 0.6 is 0 Å². The lowest BCUT2D eigenvalue weighted by atomic mass is 9.90. The lowest BCUT2D eigenvalue weighted by molar-refractivity contribution is -0.115. The lowest BCUT2D eigenvalue weighted by Gasteiger charge is -2.16. The van der Waals surface area contributed by atoms with E-state index in [1.807, 2.05) is 0 Å². The Morgan fingerprint density at radius 2 is 1.59 bits per heavy atom. The van der Waals surface area contributed by atoms with Gasteiger partial charge in [0.1, 0.15) is 0 Å². The number of aryl methyl sites for hydroxylation is 2. The van der Waals surface area contributed by atoms with Gasteiger partial charge in [-0.1, -0.05) is 24.3 Å². The van der Waals surface area contributed by atoms with Crippen LogP contribution in [0.1, 0.15) is 29.5 Å². The first-order valence-electron chi connectivity index (χ1n) is 9.30. The van der Waals surface area contributed by atoms with E-state index < -0.39 is 0 Å². The van der Waals surface area contributed by atoms with Crippen molar-refractivity contribution < 1.29 is 9.59 Å². The number of nitrogens with one attached hydrogen (secondary N) is 3. The maximum atomic E-state index is 12.3. The zero-order chi connectivity index (χ0) is 19.1. The van der Waals surface area contributed by atoms with Gasteiger partial charge in [-0.05, 0) is 66.6 Å². The zero-order valence-electron chi connectivity index (χ0n) is 15.4. The average molecular weight is 363 g/mol. The number of amides is 3. The van der Waals surface area contributed by atoms with Gasteiger partial charge in [-0.2, -0.15) is 0 Å². The molecule has 3 amide bonds. The maximum absolute atomic E-state index is 12.3. The van der Waals surface area contributed by atoms with Crippen molar-refractivity contribution >= 4 is 23.3 Å². The van der Waals surface area contributed by atoms with Gasteiger partial charge < -0.3 is 16.0 Å². The third-order valence-electron chi connectivity index (χ3n) is 4.61. The van der Waals surface area contributed by atoms with Crippen LogP contribution in [0.5, 0.6) is 0 Å². The van der Waals surface area contributed by atoms with Gasteiger partial charge in [-0.25, -0.2) is 4.79 Å². The summed E-state index contributed by atoms with van der Waals surface area (Å²) >= 11 is 0. The minimum atomic E-state index is -0.293. The van der Waals surface area contributed by atoms with Gasteiger partial charge in [0, 0.05) is 17.9 Å². The average Bonchev–Trinajstić information content (AvgIpc) is 2.68. The molecule has 0 bridgehead atoms. The molecule has 0 aliphatic heterocycles. The Bertz CT molecular complexity index is 828. The number of urea groups is 1. The predicted octanol–water partition coefficient (Wildman–Crippen LogP) is 4.05. The Hall–Kier alpha value is -3.08. The first-order valence-corrected chi connectivity index (χ1v) is 9.30. The molecule has 0 heterocycles. The molecule has 0 atom stereocenters. The minimum absolute atomic E-state index is 0.0461. The van der Waals surface area contributed by atoms with Crippen LogP contribution in [-0.2, 0) is 24.1 Å². The van der Waals surface area contributed by atoms with Gasteiger partial charge in [0.2, 0.25) is 5.91 Å². The molecule has 1 aliphatic carbocycles. The van der Waals surface area contributed by atoms with Crippen LogP contribution in [0.4, 0.5) is 16.2 Å². The molecule has 2 aromatic rings. The van der Waals surface area contributed by atoms with Crippen molar-refractivity contribution in [2.75, 3.05) is 17.2 Å². The van der Waals surface area contributed by atoms with E-state index >= 15 is 0 Å². The fourth-order valence-corrected chi connectivity index (χ4v) is 3.26. The molecule has 5 heteroatoms. The monoisotopic (exact) mass is 363 g/mol. The fourth-order valence-electron chi connectivity index (χ4n) is 3.26. The predicted molar refractivity (Wildman–Crippen MR) is 109 cm³/mol. The molecular weight excluding hydrogens is 338 g/mol. The summed E-state index contributed by atoms with van der Waals surface area (Å²) in [5, 5.41) is 8.26. The number of carbonyl (C=O) groups is 2. The lowest BCUT2D eigenvalue weighted by Crippen LogP contribution is -2.28. The third kappa shape index (κ3) is 5.45. The second-order valence-electron chi connectivity index (χ2n) is 6.74. The molecule has 5 nitrogen and oxygen atoms in total. The van der Waals surface area contributed by atoms with Gasteiger partial charge in [-0.15, -0.1) is 6.58 Å². The highest BCUT2D eigenvalue weighted by Crippen LogP contribution is 2.22. The number of fused-ring (bicyclic) bond motifs is 1. The highest BCUT2D eigenvalue weighted by atomic mass is 16.2. The summed E-state index contributed by atoms with van der Waals surface area (Å²) in [5.74, 6) is -0.0461. The van der Waals surface area contributed by atoms with Gasteiger partial charge in [0.25, 0.3) is 0 Å². The summed E-state index contributed by atoms with van der Waals surface area (Å²) < 4.78 is 0. The summed E-state index contributed by atoms with van der Waals surface area (Å²) in [4.78, 5) is 23.9. The number of carbonyl (C=O) groups excluding carboxylic acids is 2. The molecule has 140 valence electrons. The number of benzene rings is 2. The quantitative estimate of drug-likeness (QED) is 0.678. The molecule has 2 aromatic carbocycles. The Balaban J connectivity index is 1.53. The Morgan fingerprint density at radius 3 is 2.30 bits per heavy atom. The van der Waals surface area contributed by atoms with E-state index in [2.05, 4.69) is 40.7 Å². The molecule has 3 N–H and O–H groups in total. The molecule has 3 rings (SSSR count). The highest BCUT2D eigenvalue weighted by Gasteiger charge is 2.11. The van der Waals surface area contributed by atoms with Crippen molar-refractivity contribution in [3.63, 3.8) is 0 Å². The van der Waals surface area contributed by atoms with Crippen LogP contribution in [0.3, 0.4) is 0 Å². The minimum Gasteiger partial charge on any atom is -0.334 e. The number of anilines is 2. The maximum Gasteiger partial charge on any atom is 0.319 e. The van der Waals surface area contributed by atoms with E-state index in [4.69, 9.17) is 0 Å². The van der Waals surface area contributed by atoms with Crippen molar-refractivity contribution in [2.45, 2.75) is 32.1 Å². The summed E-state index contributed by atoms with van der Waals surface area (Å²) in [6, 6.07) is 13.1. The summed E-state index contributed by atoms with van der Waals surface area (Å²) in [6.07, 6.45) is 6.72. The van der Waals surface area contributed by atoms with Crippen LogP contribution in [0, 0.1) is 0 Å². The molecular formula is C22H25N3O2.